The first-order valence-electron chi connectivity index (χ1n) is 9.09. The van der Waals surface area contributed by atoms with Crippen molar-refractivity contribution in [2.45, 2.75) is 40.0 Å². The molecule has 3 amide bonds. The van der Waals surface area contributed by atoms with Crippen LogP contribution in [0.1, 0.15) is 45.6 Å². The van der Waals surface area contributed by atoms with E-state index < -0.39 is 12.0 Å². The summed E-state index contributed by atoms with van der Waals surface area (Å²) >= 11 is 0. The molecule has 0 spiro atoms. The number of hydrogen-bond donors (Lipinski definition) is 3. The van der Waals surface area contributed by atoms with E-state index in [0.29, 0.717) is 12.5 Å². The zero-order chi connectivity index (χ0) is 19.5. The van der Waals surface area contributed by atoms with E-state index in [1.54, 1.807) is 6.92 Å². The standard InChI is InChI=1S/C19H29N3O4/c1-5-14(4)15-8-10-16(11-9-15)20-17(23)12-22(6-2)13-18(24)21-19(25)26-7-3/h8-11,14H,5-7,12-13H2,1-4H3,(H,20,23)(H,21,24,25)/p+1/t14-/m0/s1. The minimum absolute atomic E-state index is 0.0235. The highest BCUT2D eigenvalue weighted by Gasteiger charge is 2.18. The van der Waals surface area contributed by atoms with Crippen LogP contribution in [-0.2, 0) is 14.3 Å². The summed E-state index contributed by atoms with van der Waals surface area (Å²) in [7, 11) is 0. The van der Waals surface area contributed by atoms with Gasteiger partial charge >= 0.3 is 6.09 Å². The van der Waals surface area contributed by atoms with Crippen molar-refractivity contribution in [1.82, 2.24) is 5.32 Å². The predicted octanol–water partition coefficient (Wildman–Crippen LogP) is 1.32. The molecular weight excluding hydrogens is 334 g/mol. The third kappa shape index (κ3) is 7.65. The summed E-state index contributed by atoms with van der Waals surface area (Å²) in [5, 5.41) is 4.98. The zero-order valence-electron chi connectivity index (χ0n) is 16.1. The van der Waals surface area contributed by atoms with Crippen molar-refractivity contribution in [3.05, 3.63) is 29.8 Å². The molecule has 7 nitrogen and oxygen atoms in total. The van der Waals surface area contributed by atoms with Crippen molar-refractivity contribution in [3.63, 3.8) is 0 Å². The number of carbonyl (C=O) groups is 3. The molecule has 0 aliphatic carbocycles. The lowest BCUT2D eigenvalue weighted by molar-refractivity contribution is -0.881. The largest absolute Gasteiger partial charge is 0.450 e. The molecule has 1 rings (SSSR count). The van der Waals surface area contributed by atoms with Crippen molar-refractivity contribution in [3.8, 4) is 0 Å². The number of alkyl carbamates (subject to hydrolysis) is 1. The molecule has 0 fully saturated rings. The average molecular weight is 364 g/mol. The smallest absolute Gasteiger partial charge is 0.414 e. The van der Waals surface area contributed by atoms with Crippen LogP contribution in [0.25, 0.3) is 0 Å². The third-order valence-corrected chi connectivity index (χ3v) is 4.21. The number of rotatable bonds is 9. The summed E-state index contributed by atoms with van der Waals surface area (Å²) in [6.45, 7) is 8.78. The van der Waals surface area contributed by atoms with E-state index in [2.05, 4.69) is 29.2 Å². The molecule has 144 valence electrons. The van der Waals surface area contributed by atoms with Crippen LogP contribution in [-0.4, -0.2) is 44.1 Å². The molecular formula is C19H30N3O4+. The molecule has 0 heterocycles. The number of likely N-dealkylation sites (N-methyl/N-ethyl adjacent to an activating group) is 1. The molecule has 0 saturated carbocycles. The van der Waals surface area contributed by atoms with E-state index in [4.69, 9.17) is 0 Å². The maximum Gasteiger partial charge on any atom is 0.414 e. The number of hydrogen-bond acceptors (Lipinski definition) is 4. The molecule has 26 heavy (non-hydrogen) atoms. The first kappa shape index (κ1) is 21.6. The number of benzene rings is 1. The second-order valence-corrected chi connectivity index (χ2v) is 6.21. The topological polar surface area (TPSA) is 88.9 Å². The van der Waals surface area contributed by atoms with Crippen molar-refractivity contribution < 1.29 is 24.0 Å². The highest BCUT2D eigenvalue weighted by atomic mass is 16.5. The van der Waals surface area contributed by atoms with Gasteiger partial charge in [0.25, 0.3) is 11.8 Å². The lowest BCUT2D eigenvalue weighted by Gasteiger charge is -2.17. The second kappa shape index (κ2) is 11.3. The maximum atomic E-state index is 12.2. The van der Waals surface area contributed by atoms with Gasteiger partial charge in [0.05, 0.1) is 13.2 Å². The summed E-state index contributed by atoms with van der Waals surface area (Å²) in [5.74, 6) is -0.161. The van der Waals surface area contributed by atoms with Crippen molar-refractivity contribution in [1.29, 1.82) is 0 Å². The van der Waals surface area contributed by atoms with Crippen molar-refractivity contribution in [2.75, 3.05) is 31.6 Å². The molecule has 1 aromatic carbocycles. The molecule has 0 radical (unpaired) electrons. The number of carbonyl (C=O) groups excluding carboxylic acids is 3. The van der Waals surface area contributed by atoms with Crippen LogP contribution in [0, 0.1) is 0 Å². The molecule has 3 N–H and O–H groups in total. The molecule has 1 aromatic rings. The fraction of sp³-hybridized carbons (Fsp3) is 0.526. The highest BCUT2D eigenvalue weighted by Crippen LogP contribution is 2.20. The Bertz CT molecular complexity index is 601. The molecule has 0 saturated heterocycles. The van der Waals surface area contributed by atoms with Crippen LogP contribution in [0.4, 0.5) is 10.5 Å². The fourth-order valence-corrected chi connectivity index (χ4v) is 2.43. The Balaban J connectivity index is 2.51. The van der Waals surface area contributed by atoms with E-state index in [-0.39, 0.29) is 25.6 Å². The molecule has 0 aliphatic heterocycles. The summed E-state index contributed by atoms with van der Waals surface area (Å²) in [6, 6.07) is 7.80. The van der Waals surface area contributed by atoms with Crippen LogP contribution in [0.2, 0.25) is 0 Å². The van der Waals surface area contributed by atoms with Crippen molar-refractivity contribution in [2.24, 2.45) is 0 Å². The summed E-state index contributed by atoms with van der Waals surface area (Å²) in [6.07, 6.45) is 0.299. The van der Waals surface area contributed by atoms with Crippen molar-refractivity contribution >= 4 is 23.6 Å². The Morgan fingerprint density at radius 2 is 1.65 bits per heavy atom. The van der Waals surface area contributed by atoms with E-state index in [1.165, 1.54) is 5.56 Å². The minimum Gasteiger partial charge on any atom is -0.450 e. The first-order chi connectivity index (χ1) is 12.4. The predicted molar refractivity (Wildman–Crippen MR) is 100 cm³/mol. The molecule has 0 aliphatic rings. The molecule has 2 atom stereocenters. The Morgan fingerprint density at radius 3 is 2.19 bits per heavy atom. The van der Waals surface area contributed by atoms with Gasteiger partial charge in [-0.15, -0.1) is 0 Å². The Morgan fingerprint density at radius 1 is 1.04 bits per heavy atom. The number of quaternary nitrogens is 1. The fourth-order valence-electron chi connectivity index (χ4n) is 2.43. The average Bonchev–Trinajstić information content (AvgIpc) is 2.61. The Hall–Kier alpha value is -2.41. The van der Waals surface area contributed by atoms with Gasteiger partial charge in [-0.05, 0) is 43.9 Å². The van der Waals surface area contributed by atoms with Crippen LogP contribution < -0.4 is 15.5 Å². The molecule has 0 aromatic heterocycles. The van der Waals surface area contributed by atoms with Gasteiger partial charge in [0.2, 0.25) is 0 Å². The number of amides is 3. The van der Waals surface area contributed by atoms with Crippen LogP contribution >= 0.6 is 0 Å². The SMILES string of the molecule is CCOC(=O)NC(=O)C[NH+](CC)CC(=O)Nc1ccc([C@@H](C)CC)cc1. The molecule has 0 bridgehead atoms. The summed E-state index contributed by atoms with van der Waals surface area (Å²) in [5.41, 5.74) is 1.97. The van der Waals surface area contributed by atoms with Gasteiger partial charge < -0.3 is 15.0 Å². The lowest BCUT2D eigenvalue weighted by atomic mass is 9.99. The van der Waals surface area contributed by atoms with Crippen LogP contribution in [0.15, 0.2) is 24.3 Å². The van der Waals surface area contributed by atoms with Gasteiger partial charge in [-0.3, -0.25) is 14.9 Å². The highest BCUT2D eigenvalue weighted by molar-refractivity contribution is 5.93. The number of anilines is 1. The van der Waals surface area contributed by atoms with Crippen LogP contribution in [0.5, 0.6) is 0 Å². The molecule has 1 unspecified atom stereocenters. The number of ether oxygens (including phenoxy) is 1. The number of imide groups is 1. The van der Waals surface area contributed by atoms with Gasteiger partial charge in [-0.25, -0.2) is 4.79 Å². The van der Waals surface area contributed by atoms with Gasteiger partial charge in [0, 0.05) is 5.69 Å². The first-order valence-corrected chi connectivity index (χ1v) is 9.09. The Labute approximate surface area is 155 Å². The Kier molecular flexibility index (Phi) is 9.36. The summed E-state index contributed by atoms with van der Waals surface area (Å²) < 4.78 is 4.66. The van der Waals surface area contributed by atoms with E-state index in [9.17, 15) is 14.4 Å². The van der Waals surface area contributed by atoms with E-state index in [1.807, 2.05) is 31.2 Å². The minimum atomic E-state index is -0.765. The van der Waals surface area contributed by atoms with Gasteiger partial charge in [0.15, 0.2) is 13.1 Å². The van der Waals surface area contributed by atoms with Gasteiger partial charge in [-0.2, -0.15) is 0 Å². The monoisotopic (exact) mass is 364 g/mol. The number of nitrogens with one attached hydrogen (secondary N) is 3. The second-order valence-electron chi connectivity index (χ2n) is 6.21. The van der Waals surface area contributed by atoms with Gasteiger partial charge in [-0.1, -0.05) is 26.0 Å². The normalized spacial score (nSPS) is 12.8. The lowest BCUT2D eigenvalue weighted by Crippen LogP contribution is -3.14. The van der Waals surface area contributed by atoms with Crippen LogP contribution in [0.3, 0.4) is 0 Å². The maximum absolute atomic E-state index is 12.2. The van der Waals surface area contributed by atoms with E-state index >= 15 is 0 Å². The van der Waals surface area contributed by atoms with E-state index in [0.717, 1.165) is 17.0 Å². The summed E-state index contributed by atoms with van der Waals surface area (Å²) in [4.78, 5) is 36.0. The molecule has 7 heteroatoms. The zero-order valence-corrected chi connectivity index (χ0v) is 16.1. The third-order valence-electron chi connectivity index (χ3n) is 4.21. The van der Waals surface area contributed by atoms with Gasteiger partial charge in [0.1, 0.15) is 0 Å². The quantitative estimate of drug-likeness (QED) is 0.616.